The van der Waals surface area contributed by atoms with Gasteiger partial charge in [-0.1, -0.05) is 0 Å². The van der Waals surface area contributed by atoms with E-state index in [2.05, 4.69) is 5.10 Å². The average molecular weight is 181 g/mol. The number of aromatic nitrogens is 2. The van der Waals surface area contributed by atoms with E-state index in [1.807, 2.05) is 19.3 Å². The Labute approximate surface area is 77.7 Å². The quantitative estimate of drug-likeness (QED) is 0.726. The Bertz CT molecular complexity index is 278. The fraction of sp³-hybridized carbons (Fsp3) is 0.667. The summed E-state index contributed by atoms with van der Waals surface area (Å²) in [6.07, 6.45) is 4.24. The van der Waals surface area contributed by atoms with E-state index in [0.29, 0.717) is 0 Å². The Kier molecular flexibility index (Phi) is 2.33. The first-order valence-electron chi connectivity index (χ1n) is 4.64. The largest absolute Gasteiger partial charge is 0.376 e. The maximum absolute atomic E-state index is 6.01. The van der Waals surface area contributed by atoms with Gasteiger partial charge in [0, 0.05) is 19.9 Å². The molecule has 4 nitrogen and oxygen atoms in total. The van der Waals surface area contributed by atoms with E-state index in [-0.39, 0.29) is 12.1 Å². The summed E-state index contributed by atoms with van der Waals surface area (Å²) in [5.74, 6) is 0. The van der Waals surface area contributed by atoms with Gasteiger partial charge >= 0.3 is 0 Å². The van der Waals surface area contributed by atoms with Gasteiger partial charge in [-0.05, 0) is 18.9 Å². The highest BCUT2D eigenvalue weighted by Crippen LogP contribution is 2.23. The van der Waals surface area contributed by atoms with Gasteiger partial charge in [0.15, 0.2) is 0 Å². The van der Waals surface area contributed by atoms with Crippen LogP contribution in [0.15, 0.2) is 12.3 Å². The molecule has 1 aliphatic heterocycles. The third kappa shape index (κ3) is 1.73. The van der Waals surface area contributed by atoms with Gasteiger partial charge in [-0.25, -0.2) is 0 Å². The van der Waals surface area contributed by atoms with Crippen LogP contribution in [0.5, 0.6) is 0 Å². The summed E-state index contributed by atoms with van der Waals surface area (Å²) in [5, 5.41) is 4.27. The van der Waals surface area contributed by atoms with Gasteiger partial charge in [0.2, 0.25) is 0 Å². The molecule has 0 amide bonds. The van der Waals surface area contributed by atoms with Crippen molar-refractivity contribution in [3.63, 3.8) is 0 Å². The zero-order chi connectivity index (χ0) is 9.26. The Balaban J connectivity index is 2.07. The van der Waals surface area contributed by atoms with Crippen molar-refractivity contribution in [3.05, 3.63) is 18.0 Å². The molecule has 1 aliphatic rings. The van der Waals surface area contributed by atoms with Crippen molar-refractivity contribution in [2.75, 3.05) is 6.61 Å². The van der Waals surface area contributed by atoms with E-state index in [0.717, 1.165) is 25.1 Å². The minimum Gasteiger partial charge on any atom is -0.376 e. The standard InChI is InChI=1S/C9H15N3O/c1-12-5-4-7(11-12)9(10)8-3-2-6-13-8/h4-5,8-9H,2-3,6,10H2,1H3. The zero-order valence-electron chi connectivity index (χ0n) is 7.81. The van der Waals surface area contributed by atoms with Gasteiger partial charge in [-0.2, -0.15) is 5.10 Å². The van der Waals surface area contributed by atoms with Crippen molar-refractivity contribution < 1.29 is 4.74 Å². The van der Waals surface area contributed by atoms with Crippen LogP contribution in [0.3, 0.4) is 0 Å². The van der Waals surface area contributed by atoms with Gasteiger partial charge in [0.25, 0.3) is 0 Å². The second-order valence-corrected chi connectivity index (χ2v) is 3.49. The number of hydrogen-bond donors (Lipinski definition) is 1. The summed E-state index contributed by atoms with van der Waals surface area (Å²) in [7, 11) is 1.89. The molecule has 0 saturated carbocycles. The van der Waals surface area contributed by atoms with Crippen LogP contribution in [0.2, 0.25) is 0 Å². The normalized spacial score (nSPS) is 24.9. The number of nitrogens with two attached hydrogens (primary N) is 1. The van der Waals surface area contributed by atoms with Gasteiger partial charge in [-0.3, -0.25) is 4.68 Å². The first-order chi connectivity index (χ1) is 6.27. The molecule has 1 aromatic rings. The summed E-state index contributed by atoms with van der Waals surface area (Å²) in [5.41, 5.74) is 6.94. The molecule has 1 aromatic heterocycles. The van der Waals surface area contributed by atoms with E-state index in [1.54, 1.807) is 4.68 Å². The molecule has 1 fully saturated rings. The molecule has 72 valence electrons. The molecule has 0 aromatic carbocycles. The van der Waals surface area contributed by atoms with Crippen molar-refractivity contribution in [2.24, 2.45) is 12.8 Å². The van der Waals surface area contributed by atoms with E-state index in [4.69, 9.17) is 10.5 Å². The lowest BCUT2D eigenvalue weighted by molar-refractivity contribution is 0.0888. The monoisotopic (exact) mass is 181 g/mol. The number of ether oxygens (including phenoxy) is 1. The smallest absolute Gasteiger partial charge is 0.0818 e. The van der Waals surface area contributed by atoms with Crippen molar-refractivity contribution >= 4 is 0 Å². The molecule has 0 bridgehead atoms. The predicted octanol–water partition coefficient (Wildman–Crippen LogP) is 0.599. The lowest BCUT2D eigenvalue weighted by atomic mass is 10.1. The topological polar surface area (TPSA) is 53.1 Å². The predicted molar refractivity (Wildman–Crippen MR) is 49.1 cm³/mol. The minimum absolute atomic E-state index is 0.0660. The third-order valence-electron chi connectivity index (χ3n) is 2.44. The molecular weight excluding hydrogens is 166 g/mol. The van der Waals surface area contributed by atoms with Crippen molar-refractivity contribution in [1.82, 2.24) is 9.78 Å². The zero-order valence-corrected chi connectivity index (χ0v) is 7.81. The first kappa shape index (κ1) is 8.72. The van der Waals surface area contributed by atoms with Gasteiger partial charge in [0.1, 0.15) is 0 Å². The molecule has 13 heavy (non-hydrogen) atoms. The van der Waals surface area contributed by atoms with E-state index in [1.165, 1.54) is 0 Å². The van der Waals surface area contributed by atoms with Crippen LogP contribution in [0.4, 0.5) is 0 Å². The van der Waals surface area contributed by atoms with Gasteiger partial charge in [-0.15, -0.1) is 0 Å². The van der Waals surface area contributed by atoms with Crippen LogP contribution in [-0.2, 0) is 11.8 Å². The third-order valence-corrected chi connectivity index (χ3v) is 2.44. The molecule has 2 atom stereocenters. The van der Waals surface area contributed by atoms with Crippen LogP contribution in [0, 0.1) is 0 Å². The molecule has 4 heteroatoms. The summed E-state index contributed by atoms with van der Waals surface area (Å²) in [6, 6.07) is 1.88. The molecule has 2 N–H and O–H groups in total. The number of hydrogen-bond acceptors (Lipinski definition) is 3. The Hall–Kier alpha value is -0.870. The summed E-state index contributed by atoms with van der Waals surface area (Å²) < 4.78 is 7.27. The molecular formula is C9H15N3O. The minimum atomic E-state index is -0.0660. The number of nitrogens with zero attached hydrogens (tertiary/aromatic N) is 2. The summed E-state index contributed by atoms with van der Waals surface area (Å²) in [4.78, 5) is 0. The van der Waals surface area contributed by atoms with Crippen molar-refractivity contribution in [3.8, 4) is 0 Å². The van der Waals surface area contributed by atoms with Crippen LogP contribution < -0.4 is 5.73 Å². The molecule has 0 radical (unpaired) electrons. The summed E-state index contributed by atoms with van der Waals surface area (Å²) in [6.45, 7) is 0.838. The van der Waals surface area contributed by atoms with Crippen LogP contribution in [-0.4, -0.2) is 22.5 Å². The van der Waals surface area contributed by atoms with E-state index in [9.17, 15) is 0 Å². The highest BCUT2D eigenvalue weighted by Gasteiger charge is 2.25. The van der Waals surface area contributed by atoms with Crippen LogP contribution in [0.1, 0.15) is 24.6 Å². The highest BCUT2D eigenvalue weighted by molar-refractivity contribution is 5.07. The van der Waals surface area contributed by atoms with E-state index < -0.39 is 0 Å². The fourth-order valence-electron chi connectivity index (χ4n) is 1.69. The second-order valence-electron chi connectivity index (χ2n) is 3.49. The second kappa shape index (κ2) is 3.47. The lowest BCUT2D eigenvalue weighted by Crippen LogP contribution is -2.26. The van der Waals surface area contributed by atoms with Crippen LogP contribution >= 0.6 is 0 Å². The van der Waals surface area contributed by atoms with Crippen molar-refractivity contribution in [2.45, 2.75) is 25.0 Å². The molecule has 0 spiro atoms. The van der Waals surface area contributed by atoms with Crippen molar-refractivity contribution in [1.29, 1.82) is 0 Å². The Morgan fingerprint density at radius 3 is 3.15 bits per heavy atom. The highest BCUT2D eigenvalue weighted by atomic mass is 16.5. The maximum Gasteiger partial charge on any atom is 0.0818 e. The molecule has 2 unspecified atom stereocenters. The fourth-order valence-corrected chi connectivity index (χ4v) is 1.69. The molecule has 0 aliphatic carbocycles. The summed E-state index contributed by atoms with van der Waals surface area (Å²) >= 11 is 0. The Morgan fingerprint density at radius 1 is 1.77 bits per heavy atom. The lowest BCUT2D eigenvalue weighted by Gasteiger charge is -2.15. The SMILES string of the molecule is Cn1ccc(C(N)C2CCCO2)n1. The molecule has 2 heterocycles. The molecule has 2 rings (SSSR count). The Morgan fingerprint density at radius 2 is 2.62 bits per heavy atom. The van der Waals surface area contributed by atoms with Gasteiger partial charge in [0.05, 0.1) is 17.8 Å². The molecule has 1 saturated heterocycles. The number of rotatable bonds is 2. The van der Waals surface area contributed by atoms with Crippen LogP contribution in [0.25, 0.3) is 0 Å². The number of aryl methyl sites for hydroxylation is 1. The maximum atomic E-state index is 6.01. The first-order valence-corrected chi connectivity index (χ1v) is 4.64. The average Bonchev–Trinajstić information content (AvgIpc) is 2.72. The van der Waals surface area contributed by atoms with Gasteiger partial charge < -0.3 is 10.5 Å². The van der Waals surface area contributed by atoms with E-state index >= 15 is 0 Å².